The molecule has 0 bridgehead atoms. The van der Waals surface area contributed by atoms with E-state index in [1.807, 2.05) is 6.92 Å². The predicted octanol–water partition coefficient (Wildman–Crippen LogP) is 2.79. The van der Waals surface area contributed by atoms with Gasteiger partial charge in [-0.3, -0.25) is 0 Å². The van der Waals surface area contributed by atoms with E-state index in [-0.39, 0.29) is 4.21 Å². The number of hydrogen-bond acceptors (Lipinski definition) is 4. The molecule has 0 fully saturated rings. The number of rotatable bonds is 7. The molecule has 0 amide bonds. The highest BCUT2D eigenvalue weighted by Gasteiger charge is 2.32. The first-order valence-corrected chi connectivity index (χ1v) is 8.74. The minimum atomic E-state index is -4.40. The van der Waals surface area contributed by atoms with Crippen LogP contribution in [0.2, 0.25) is 0 Å². The third-order valence-electron chi connectivity index (χ3n) is 2.69. The summed E-state index contributed by atoms with van der Waals surface area (Å²) in [6.07, 6.45) is -5.59. The third kappa shape index (κ3) is 5.93. The smallest absolute Gasteiger partial charge is 0.312 e. The quantitative estimate of drug-likeness (QED) is 0.800. The van der Waals surface area contributed by atoms with Crippen molar-refractivity contribution in [3.8, 4) is 0 Å². The Bertz CT molecular complexity index is 568. The van der Waals surface area contributed by atoms with Crippen molar-refractivity contribution in [2.75, 3.05) is 6.54 Å². The Kier molecular flexibility index (Phi) is 6.21. The topological polar surface area (TPSA) is 58.2 Å². The van der Waals surface area contributed by atoms with Crippen LogP contribution >= 0.6 is 11.3 Å². The first-order valence-electron chi connectivity index (χ1n) is 6.44. The second-order valence-corrected chi connectivity index (χ2v) is 7.87. The summed E-state index contributed by atoms with van der Waals surface area (Å²) in [5, 5.41) is 3.09. The van der Waals surface area contributed by atoms with E-state index in [9.17, 15) is 21.6 Å². The summed E-state index contributed by atoms with van der Waals surface area (Å²) in [7, 11) is -3.92. The number of nitrogens with one attached hydrogen (secondary N) is 2. The summed E-state index contributed by atoms with van der Waals surface area (Å²) >= 11 is 1.07. The maximum atomic E-state index is 12.3. The minimum Gasteiger partial charge on any atom is -0.312 e. The monoisotopic (exact) mass is 344 g/mol. The van der Waals surface area contributed by atoms with Gasteiger partial charge in [-0.15, -0.1) is 11.3 Å². The fourth-order valence-corrected chi connectivity index (χ4v) is 4.57. The predicted molar refractivity (Wildman–Crippen MR) is 76.9 cm³/mol. The second kappa shape index (κ2) is 7.08. The van der Waals surface area contributed by atoms with E-state index < -0.39 is 28.7 Å². The van der Waals surface area contributed by atoms with E-state index in [2.05, 4.69) is 10.0 Å². The summed E-state index contributed by atoms with van der Waals surface area (Å²) in [6, 6.07) is 0.287. The van der Waals surface area contributed by atoms with E-state index in [1.165, 1.54) is 13.0 Å². The standard InChI is InChI=1S/C12H19F3N2O2S2/c1-4-16-7-10-8(2)5-11(20-10)21(18,19)17-9(3)6-12(13,14)15/h5,9,16-17H,4,6-7H2,1-3H3. The Balaban J connectivity index is 2.83. The van der Waals surface area contributed by atoms with Gasteiger partial charge in [0.25, 0.3) is 0 Å². The molecule has 0 saturated heterocycles. The van der Waals surface area contributed by atoms with Crippen LogP contribution in [0.1, 0.15) is 30.7 Å². The van der Waals surface area contributed by atoms with E-state index in [1.54, 1.807) is 6.92 Å². The van der Waals surface area contributed by atoms with Crippen molar-refractivity contribution in [2.45, 2.75) is 50.2 Å². The molecule has 1 atom stereocenters. The number of hydrogen-bond donors (Lipinski definition) is 2. The Morgan fingerprint density at radius 2 is 2.00 bits per heavy atom. The van der Waals surface area contributed by atoms with Crippen LogP contribution in [0.3, 0.4) is 0 Å². The van der Waals surface area contributed by atoms with Gasteiger partial charge in [0.1, 0.15) is 4.21 Å². The zero-order valence-corrected chi connectivity index (χ0v) is 13.7. The zero-order chi connectivity index (χ0) is 16.3. The average Bonchev–Trinajstić information content (AvgIpc) is 2.65. The Morgan fingerprint density at radius 1 is 1.38 bits per heavy atom. The molecule has 1 heterocycles. The van der Waals surface area contributed by atoms with Crippen molar-refractivity contribution in [1.29, 1.82) is 0 Å². The minimum absolute atomic E-state index is 0.0435. The molecule has 0 radical (unpaired) electrons. The zero-order valence-electron chi connectivity index (χ0n) is 12.0. The van der Waals surface area contributed by atoms with Gasteiger partial charge in [0.15, 0.2) is 0 Å². The number of sulfonamides is 1. The van der Waals surface area contributed by atoms with Gasteiger partial charge in [0, 0.05) is 17.5 Å². The van der Waals surface area contributed by atoms with Crippen molar-refractivity contribution in [3.63, 3.8) is 0 Å². The van der Waals surface area contributed by atoms with Crippen LogP contribution in [0.15, 0.2) is 10.3 Å². The molecule has 0 aliphatic heterocycles. The molecule has 0 aliphatic carbocycles. The molecule has 0 aromatic carbocycles. The maximum absolute atomic E-state index is 12.3. The maximum Gasteiger partial charge on any atom is 0.390 e. The normalized spacial score (nSPS) is 14.4. The van der Waals surface area contributed by atoms with Crippen molar-refractivity contribution in [1.82, 2.24) is 10.0 Å². The molecule has 9 heteroatoms. The lowest BCUT2D eigenvalue weighted by Gasteiger charge is -2.15. The lowest BCUT2D eigenvalue weighted by molar-refractivity contribution is -0.137. The molecule has 1 aromatic rings. The molecule has 0 saturated carbocycles. The molecule has 2 N–H and O–H groups in total. The molecule has 1 rings (SSSR count). The highest BCUT2D eigenvalue weighted by atomic mass is 32.2. The SMILES string of the molecule is CCNCc1sc(S(=O)(=O)NC(C)CC(F)(F)F)cc1C. The molecular formula is C12H19F3N2O2S2. The molecule has 0 spiro atoms. The Labute approximate surface area is 126 Å². The summed E-state index contributed by atoms with van der Waals surface area (Å²) < 4.78 is 63.0. The van der Waals surface area contributed by atoms with Crippen molar-refractivity contribution >= 4 is 21.4 Å². The van der Waals surface area contributed by atoms with Gasteiger partial charge < -0.3 is 5.32 Å². The number of halogens is 3. The van der Waals surface area contributed by atoms with Crippen molar-refractivity contribution in [2.24, 2.45) is 0 Å². The molecule has 21 heavy (non-hydrogen) atoms. The first kappa shape index (κ1) is 18.4. The lowest BCUT2D eigenvalue weighted by atomic mass is 10.2. The first-order chi connectivity index (χ1) is 9.55. The van der Waals surface area contributed by atoms with E-state index in [4.69, 9.17) is 0 Å². The van der Waals surface area contributed by atoms with E-state index in [0.717, 1.165) is 28.3 Å². The van der Waals surface area contributed by atoms with Crippen molar-refractivity contribution < 1.29 is 21.6 Å². The van der Waals surface area contributed by atoms with Gasteiger partial charge in [-0.25, -0.2) is 13.1 Å². The summed E-state index contributed by atoms with van der Waals surface area (Å²) in [4.78, 5) is 0.862. The third-order valence-corrected chi connectivity index (χ3v) is 5.99. The van der Waals surface area contributed by atoms with Gasteiger partial charge >= 0.3 is 6.18 Å². The van der Waals surface area contributed by atoms with Gasteiger partial charge in [-0.2, -0.15) is 13.2 Å². The van der Waals surface area contributed by atoms with Gasteiger partial charge in [-0.1, -0.05) is 6.92 Å². The van der Waals surface area contributed by atoms with Crippen molar-refractivity contribution in [3.05, 3.63) is 16.5 Å². The fourth-order valence-electron chi connectivity index (χ4n) is 1.75. The average molecular weight is 344 g/mol. The van der Waals surface area contributed by atoms with Crippen LogP contribution in [-0.4, -0.2) is 27.2 Å². The van der Waals surface area contributed by atoms with Gasteiger partial charge in [0.2, 0.25) is 10.0 Å². The molecule has 4 nitrogen and oxygen atoms in total. The van der Waals surface area contributed by atoms with Crippen LogP contribution < -0.4 is 10.0 Å². The molecule has 1 unspecified atom stereocenters. The molecule has 0 aliphatic rings. The summed E-state index contributed by atoms with van der Waals surface area (Å²) in [6.45, 7) is 6.20. The summed E-state index contributed by atoms with van der Waals surface area (Å²) in [5.74, 6) is 0. The lowest BCUT2D eigenvalue weighted by Crippen LogP contribution is -2.35. The number of aryl methyl sites for hydroxylation is 1. The number of alkyl halides is 3. The van der Waals surface area contributed by atoms with Crippen LogP contribution in [0.5, 0.6) is 0 Å². The van der Waals surface area contributed by atoms with Crippen LogP contribution in [-0.2, 0) is 16.6 Å². The molecule has 1 aromatic heterocycles. The van der Waals surface area contributed by atoms with Gasteiger partial charge in [-0.05, 0) is 32.0 Å². The highest BCUT2D eigenvalue weighted by Crippen LogP contribution is 2.27. The summed E-state index contributed by atoms with van der Waals surface area (Å²) in [5.41, 5.74) is 0.810. The molecular weight excluding hydrogens is 325 g/mol. The fraction of sp³-hybridized carbons (Fsp3) is 0.667. The van der Waals surface area contributed by atoms with E-state index >= 15 is 0 Å². The van der Waals surface area contributed by atoms with E-state index in [0.29, 0.717) is 6.54 Å². The highest BCUT2D eigenvalue weighted by molar-refractivity contribution is 7.91. The number of thiophene rings is 1. The largest absolute Gasteiger partial charge is 0.390 e. The van der Waals surface area contributed by atoms with Crippen LogP contribution in [0.25, 0.3) is 0 Å². The van der Waals surface area contributed by atoms with Crippen LogP contribution in [0, 0.1) is 6.92 Å². The van der Waals surface area contributed by atoms with Crippen LogP contribution in [0.4, 0.5) is 13.2 Å². The second-order valence-electron chi connectivity index (χ2n) is 4.79. The Hall–Kier alpha value is -0.640. The molecule has 122 valence electrons. The van der Waals surface area contributed by atoms with Gasteiger partial charge in [0.05, 0.1) is 6.42 Å². The Morgan fingerprint density at radius 3 is 2.52 bits per heavy atom.